The van der Waals surface area contributed by atoms with Crippen molar-refractivity contribution in [2.45, 2.75) is 51.3 Å². The highest BCUT2D eigenvalue weighted by Crippen LogP contribution is 2.34. The molecule has 1 aliphatic rings. The minimum atomic E-state index is -0.860. The molecule has 0 spiro atoms. The maximum Gasteiger partial charge on any atom is 0.303 e. The van der Waals surface area contributed by atoms with Crippen LogP contribution in [0.1, 0.15) is 43.4 Å². The van der Waals surface area contributed by atoms with Gasteiger partial charge in [0.15, 0.2) is 0 Å². The number of aryl methyl sites for hydroxylation is 1. The van der Waals surface area contributed by atoms with Crippen molar-refractivity contribution in [2.24, 2.45) is 5.92 Å². The van der Waals surface area contributed by atoms with Gasteiger partial charge < -0.3 is 15.2 Å². The number of hydrogen-bond donors (Lipinski definition) is 2. The summed E-state index contributed by atoms with van der Waals surface area (Å²) in [4.78, 5) is 24.0. The fourth-order valence-corrected chi connectivity index (χ4v) is 3.62. The second-order valence-electron chi connectivity index (χ2n) is 7.14. The molecule has 7 nitrogen and oxygen atoms in total. The van der Waals surface area contributed by atoms with E-state index in [9.17, 15) is 9.59 Å². The molecule has 1 unspecified atom stereocenters. The predicted octanol–water partition coefficient (Wildman–Crippen LogP) is 2.57. The van der Waals surface area contributed by atoms with E-state index >= 15 is 0 Å². The molecule has 1 amide bonds. The number of carboxylic acids is 1. The van der Waals surface area contributed by atoms with E-state index in [0.717, 1.165) is 17.7 Å². The lowest BCUT2D eigenvalue weighted by Gasteiger charge is -2.23. The molecule has 1 aliphatic heterocycles. The zero-order chi connectivity index (χ0) is 19.9. The van der Waals surface area contributed by atoms with Crippen LogP contribution in [-0.4, -0.2) is 39.4 Å². The van der Waals surface area contributed by atoms with Gasteiger partial charge >= 0.3 is 5.97 Å². The normalized spacial score (nSPS) is 20.0. The monoisotopic (exact) mass is 385 g/mol. The third kappa shape index (κ3) is 5.19. The number of hydrogen-bond acceptors (Lipinski definition) is 4. The van der Waals surface area contributed by atoms with E-state index in [4.69, 9.17) is 9.84 Å². The molecule has 150 valence electrons. The molecule has 3 atom stereocenters. The van der Waals surface area contributed by atoms with Gasteiger partial charge in [0.25, 0.3) is 0 Å². The third-order valence-electron chi connectivity index (χ3n) is 5.11. The first-order valence-corrected chi connectivity index (χ1v) is 9.77. The Kier molecular flexibility index (Phi) is 6.81. The Morgan fingerprint density at radius 1 is 1.36 bits per heavy atom. The molecule has 2 aromatic rings. The molecule has 1 fully saturated rings. The first kappa shape index (κ1) is 20.1. The number of aliphatic carboxylic acids is 1. The van der Waals surface area contributed by atoms with Gasteiger partial charge in [-0.25, -0.2) is 0 Å². The summed E-state index contributed by atoms with van der Waals surface area (Å²) in [5.41, 5.74) is 1.98. The van der Waals surface area contributed by atoms with Crippen LogP contribution in [0.5, 0.6) is 0 Å². The van der Waals surface area contributed by atoms with E-state index < -0.39 is 5.97 Å². The van der Waals surface area contributed by atoms with Crippen LogP contribution in [0, 0.1) is 5.92 Å². The van der Waals surface area contributed by atoms with Gasteiger partial charge in [-0.3, -0.25) is 14.3 Å². The number of amides is 1. The van der Waals surface area contributed by atoms with Crippen LogP contribution in [-0.2, 0) is 27.3 Å². The van der Waals surface area contributed by atoms with Gasteiger partial charge in [-0.1, -0.05) is 30.3 Å². The van der Waals surface area contributed by atoms with Gasteiger partial charge in [0.05, 0.1) is 18.2 Å². The largest absolute Gasteiger partial charge is 0.481 e. The first-order chi connectivity index (χ1) is 13.6. The van der Waals surface area contributed by atoms with Crippen molar-refractivity contribution in [3.05, 3.63) is 53.9 Å². The fourth-order valence-electron chi connectivity index (χ4n) is 3.62. The van der Waals surface area contributed by atoms with Gasteiger partial charge in [-0.2, -0.15) is 5.10 Å². The number of benzene rings is 1. The second kappa shape index (κ2) is 9.50. The summed E-state index contributed by atoms with van der Waals surface area (Å²) in [6.07, 6.45) is 5.02. The standard InChI is InChI=1S/C21H27N3O4/c1-2-24-14-16(13-22-24)20-18(10-11-28-20)21(27)23-17(8-9-19(25)26)12-15-6-4-3-5-7-15/h3-7,13-14,17-18,20H,2,8-12H2,1H3,(H,23,27)(H,25,26)/t17?,18-,20+/m0/s1. The molecule has 1 saturated heterocycles. The highest BCUT2D eigenvalue weighted by atomic mass is 16.5. The van der Waals surface area contributed by atoms with Crippen molar-refractivity contribution in [2.75, 3.05) is 6.61 Å². The Morgan fingerprint density at radius 2 is 2.14 bits per heavy atom. The van der Waals surface area contributed by atoms with Gasteiger partial charge in [-0.15, -0.1) is 0 Å². The number of nitrogens with zero attached hydrogens (tertiary/aromatic N) is 2. The van der Waals surface area contributed by atoms with Crippen molar-refractivity contribution in [1.82, 2.24) is 15.1 Å². The number of aromatic nitrogens is 2. The average molecular weight is 385 g/mol. The molecule has 2 heterocycles. The Bertz CT molecular complexity index is 790. The molecule has 1 aromatic heterocycles. The van der Waals surface area contributed by atoms with Crippen molar-refractivity contribution in [3.8, 4) is 0 Å². The van der Waals surface area contributed by atoms with E-state index in [1.165, 1.54) is 0 Å². The molecule has 0 radical (unpaired) electrons. The number of rotatable bonds is 9. The van der Waals surface area contributed by atoms with Crippen LogP contribution in [0.3, 0.4) is 0 Å². The minimum Gasteiger partial charge on any atom is -0.481 e. The Hall–Kier alpha value is -2.67. The summed E-state index contributed by atoms with van der Waals surface area (Å²) in [5.74, 6) is -1.24. The Balaban J connectivity index is 1.67. The zero-order valence-electron chi connectivity index (χ0n) is 16.1. The Labute approximate surface area is 164 Å². The number of ether oxygens (including phenoxy) is 1. The first-order valence-electron chi connectivity index (χ1n) is 9.77. The van der Waals surface area contributed by atoms with Gasteiger partial charge in [0.1, 0.15) is 0 Å². The molecule has 28 heavy (non-hydrogen) atoms. The van der Waals surface area contributed by atoms with Crippen LogP contribution >= 0.6 is 0 Å². The van der Waals surface area contributed by atoms with Crippen molar-refractivity contribution < 1.29 is 19.4 Å². The predicted molar refractivity (Wildman–Crippen MR) is 104 cm³/mol. The van der Waals surface area contributed by atoms with Crippen LogP contribution < -0.4 is 5.32 Å². The van der Waals surface area contributed by atoms with E-state index in [-0.39, 0.29) is 30.4 Å². The summed E-state index contributed by atoms with van der Waals surface area (Å²) in [7, 11) is 0. The summed E-state index contributed by atoms with van der Waals surface area (Å²) in [5, 5.41) is 16.4. The van der Waals surface area contributed by atoms with E-state index in [2.05, 4.69) is 10.4 Å². The second-order valence-corrected chi connectivity index (χ2v) is 7.14. The number of carbonyl (C=O) groups is 2. The number of nitrogens with one attached hydrogen (secondary N) is 1. The Morgan fingerprint density at radius 3 is 2.82 bits per heavy atom. The molecule has 1 aromatic carbocycles. The van der Waals surface area contributed by atoms with E-state index in [0.29, 0.717) is 25.9 Å². The number of carbonyl (C=O) groups excluding carboxylic acids is 1. The van der Waals surface area contributed by atoms with Gasteiger partial charge in [0.2, 0.25) is 5.91 Å². The van der Waals surface area contributed by atoms with Crippen LogP contribution in [0.25, 0.3) is 0 Å². The fraction of sp³-hybridized carbons (Fsp3) is 0.476. The highest BCUT2D eigenvalue weighted by molar-refractivity contribution is 5.80. The molecular formula is C21H27N3O4. The molecular weight excluding hydrogens is 358 g/mol. The van der Waals surface area contributed by atoms with Crippen LogP contribution in [0.4, 0.5) is 0 Å². The molecule has 0 saturated carbocycles. The lowest BCUT2D eigenvalue weighted by molar-refractivity contribution is -0.137. The maximum atomic E-state index is 13.0. The maximum absolute atomic E-state index is 13.0. The van der Waals surface area contributed by atoms with E-state index in [1.807, 2.05) is 48.1 Å². The van der Waals surface area contributed by atoms with Gasteiger partial charge in [-0.05, 0) is 31.7 Å². The minimum absolute atomic E-state index is 0.0195. The molecule has 0 bridgehead atoms. The molecule has 3 rings (SSSR count). The average Bonchev–Trinajstić information content (AvgIpc) is 3.35. The molecule has 0 aliphatic carbocycles. The lowest BCUT2D eigenvalue weighted by Crippen LogP contribution is -2.41. The summed E-state index contributed by atoms with van der Waals surface area (Å²) in [6, 6.07) is 9.56. The number of carboxylic acid groups (broad SMARTS) is 1. The van der Waals surface area contributed by atoms with Gasteiger partial charge in [0, 0.05) is 37.4 Å². The summed E-state index contributed by atoms with van der Waals surface area (Å²) < 4.78 is 7.64. The smallest absolute Gasteiger partial charge is 0.303 e. The highest BCUT2D eigenvalue weighted by Gasteiger charge is 2.36. The lowest BCUT2D eigenvalue weighted by atomic mass is 9.95. The van der Waals surface area contributed by atoms with Crippen molar-refractivity contribution in [1.29, 1.82) is 0 Å². The van der Waals surface area contributed by atoms with Crippen molar-refractivity contribution in [3.63, 3.8) is 0 Å². The van der Waals surface area contributed by atoms with Crippen LogP contribution in [0.15, 0.2) is 42.7 Å². The third-order valence-corrected chi connectivity index (χ3v) is 5.11. The van der Waals surface area contributed by atoms with E-state index in [1.54, 1.807) is 6.20 Å². The van der Waals surface area contributed by atoms with Crippen molar-refractivity contribution >= 4 is 11.9 Å². The molecule has 2 N–H and O–H groups in total. The zero-order valence-corrected chi connectivity index (χ0v) is 16.1. The topological polar surface area (TPSA) is 93.5 Å². The quantitative estimate of drug-likeness (QED) is 0.692. The summed E-state index contributed by atoms with van der Waals surface area (Å²) >= 11 is 0. The summed E-state index contributed by atoms with van der Waals surface area (Å²) in [6.45, 7) is 3.30. The SMILES string of the molecule is CCn1cc([C@H]2OCC[C@@H]2C(=O)NC(CCC(=O)O)Cc2ccccc2)cn1. The molecule has 7 heteroatoms. The van der Waals surface area contributed by atoms with Crippen LogP contribution in [0.2, 0.25) is 0 Å².